The van der Waals surface area contributed by atoms with Crippen LogP contribution in [0.25, 0.3) is 0 Å². The van der Waals surface area contributed by atoms with E-state index in [-0.39, 0.29) is 18.4 Å². The molecule has 2 aliphatic rings. The summed E-state index contributed by atoms with van der Waals surface area (Å²) in [6.45, 7) is 9.48. The largest absolute Gasteiger partial charge is 0.479 e. The molecule has 2 heterocycles. The van der Waals surface area contributed by atoms with E-state index >= 15 is 0 Å². The molecule has 0 spiro atoms. The van der Waals surface area contributed by atoms with E-state index in [2.05, 4.69) is 11.8 Å². The molecular weight excluding hydrogens is 330 g/mol. The molecule has 6 nitrogen and oxygen atoms in total. The molecule has 0 saturated carbocycles. The zero-order valence-corrected chi connectivity index (χ0v) is 16.0. The summed E-state index contributed by atoms with van der Waals surface area (Å²) in [5, 5.41) is 0. The smallest absolute Gasteiger partial charge is 0.268 e. The second-order valence-electron chi connectivity index (χ2n) is 7.01. The predicted octanol–water partition coefficient (Wildman–Crippen LogP) is 2.13. The summed E-state index contributed by atoms with van der Waals surface area (Å²) in [6.07, 6.45) is 1.75. The Morgan fingerprint density at radius 3 is 2.81 bits per heavy atom. The molecule has 142 valence electrons. The van der Waals surface area contributed by atoms with Gasteiger partial charge in [0, 0.05) is 19.1 Å². The fourth-order valence-electron chi connectivity index (χ4n) is 3.94. The molecule has 2 amide bonds. The molecule has 1 aromatic rings. The quantitative estimate of drug-likeness (QED) is 0.781. The highest BCUT2D eigenvalue weighted by Crippen LogP contribution is 2.33. The Bertz CT molecular complexity index is 663. The number of carbonyl (C=O) groups is 2. The maximum absolute atomic E-state index is 13.0. The number of likely N-dealkylation sites (tertiary alicyclic amines) is 1. The molecule has 1 aromatic carbocycles. The van der Waals surface area contributed by atoms with Crippen LogP contribution >= 0.6 is 0 Å². The molecule has 0 aliphatic carbocycles. The lowest BCUT2D eigenvalue weighted by atomic mass is 10.1. The van der Waals surface area contributed by atoms with Gasteiger partial charge in [-0.25, -0.2) is 0 Å². The molecule has 1 fully saturated rings. The van der Waals surface area contributed by atoms with Gasteiger partial charge in [0.15, 0.2) is 6.10 Å². The number of para-hydroxylation sites is 2. The Hall–Kier alpha value is -2.08. The van der Waals surface area contributed by atoms with Gasteiger partial charge in [0.2, 0.25) is 5.91 Å². The minimum absolute atomic E-state index is 0.00675. The number of hydrogen-bond donors (Lipinski definition) is 0. The van der Waals surface area contributed by atoms with Crippen molar-refractivity contribution in [2.75, 3.05) is 37.6 Å². The van der Waals surface area contributed by atoms with Gasteiger partial charge in [0.25, 0.3) is 5.91 Å². The summed E-state index contributed by atoms with van der Waals surface area (Å²) >= 11 is 0. The Morgan fingerprint density at radius 2 is 2.08 bits per heavy atom. The van der Waals surface area contributed by atoms with Crippen molar-refractivity contribution in [3.8, 4) is 5.75 Å². The molecule has 0 radical (unpaired) electrons. The number of anilines is 1. The van der Waals surface area contributed by atoms with Crippen LogP contribution in [0.4, 0.5) is 5.69 Å². The third kappa shape index (κ3) is 3.70. The average molecular weight is 359 g/mol. The van der Waals surface area contributed by atoms with Crippen LogP contribution in [-0.4, -0.2) is 66.5 Å². The molecule has 2 aliphatic heterocycles. The maximum Gasteiger partial charge on any atom is 0.268 e. The molecule has 0 aromatic heterocycles. The molecule has 0 N–H and O–H groups in total. The number of benzene rings is 1. The fourth-order valence-corrected chi connectivity index (χ4v) is 3.94. The lowest BCUT2D eigenvalue weighted by Gasteiger charge is -2.35. The number of carbonyl (C=O) groups excluding carboxylic acids is 2. The molecule has 2 atom stereocenters. The molecule has 6 heteroatoms. The zero-order chi connectivity index (χ0) is 18.7. The SMILES string of the molecule is CCN(C[C@@H]1CCCN1CC)C(=O)CN1C(=O)[C@H](C)Oc2ccccc21. The lowest BCUT2D eigenvalue weighted by molar-refractivity contribution is -0.133. The summed E-state index contributed by atoms with van der Waals surface area (Å²) in [5.41, 5.74) is 0.677. The Labute approximate surface area is 155 Å². The number of rotatable bonds is 6. The van der Waals surface area contributed by atoms with E-state index in [1.165, 1.54) is 6.42 Å². The van der Waals surface area contributed by atoms with Crippen LogP contribution in [0.15, 0.2) is 24.3 Å². The number of amides is 2. The van der Waals surface area contributed by atoms with Crippen molar-refractivity contribution >= 4 is 17.5 Å². The first-order valence-electron chi connectivity index (χ1n) is 9.64. The van der Waals surface area contributed by atoms with Gasteiger partial charge in [0.1, 0.15) is 12.3 Å². The molecule has 0 bridgehead atoms. The summed E-state index contributed by atoms with van der Waals surface area (Å²) in [4.78, 5) is 31.5. The first-order chi connectivity index (χ1) is 12.5. The van der Waals surface area contributed by atoms with Crippen LogP contribution in [0.5, 0.6) is 5.75 Å². The number of hydrogen-bond acceptors (Lipinski definition) is 4. The standard InChI is InChI=1S/C20H29N3O3/c1-4-21-12-8-9-16(21)13-22(5-2)19(24)14-23-17-10-6-7-11-18(17)26-15(3)20(23)25/h6-7,10-11,15-16H,4-5,8-9,12-14H2,1-3H3/t15-,16-/m0/s1. The summed E-state index contributed by atoms with van der Waals surface area (Å²) in [6, 6.07) is 7.83. The van der Waals surface area contributed by atoms with Crippen molar-refractivity contribution in [1.29, 1.82) is 0 Å². The van der Waals surface area contributed by atoms with Crippen LogP contribution in [-0.2, 0) is 9.59 Å². The fraction of sp³-hybridized carbons (Fsp3) is 0.600. The van der Waals surface area contributed by atoms with E-state index in [0.717, 1.165) is 26.1 Å². The summed E-state index contributed by atoms with van der Waals surface area (Å²) in [5.74, 6) is 0.486. The van der Waals surface area contributed by atoms with Crippen LogP contribution in [0.3, 0.4) is 0 Å². The normalized spacial score (nSPS) is 22.9. The van der Waals surface area contributed by atoms with Crippen LogP contribution in [0, 0.1) is 0 Å². The first kappa shape index (κ1) is 18.7. The van der Waals surface area contributed by atoms with E-state index in [0.29, 0.717) is 24.0 Å². The van der Waals surface area contributed by atoms with Crippen molar-refractivity contribution in [3.63, 3.8) is 0 Å². The second kappa shape index (κ2) is 8.08. The highest BCUT2D eigenvalue weighted by atomic mass is 16.5. The summed E-state index contributed by atoms with van der Waals surface area (Å²) in [7, 11) is 0. The van der Waals surface area contributed by atoms with Gasteiger partial charge in [-0.2, -0.15) is 0 Å². The number of nitrogens with zero attached hydrogens (tertiary/aromatic N) is 3. The Balaban J connectivity index is 1.72. The van der Waals surface area contributed by atoms with Crippen LogP contribution in [0.1, 0.15) is 33.6 Å². The molecule has 1 saturated heterocycles. The van der Waals surface area contributed by atoms with Crippen LogP contribution < -0.4 is 9.64 Å². The van der Waals surface area contributed by atoms with E-state index < -0.39 is 6.10 Å². The topological polar surface area (TPSA) is 53.1 Å². The highest BCUT2D eigenvalue weighted by Gasteiger charge is 2.34. The lowest BCUT2D eigenvalue weighted by Crippen LogP contribution is -2.51. The van der Waals surface area contributed by atoms with Gasteiger partial charge in [-0.15, -0.1) is 0 Å². The van der Waals surface area contributed by atoms with Crippen molar-refractivity contribution in [1.82, 2.24) is 9.80 Å². The van der Waals surface area contributed by atoms with Gasteiger partial charge in [-0.05, 0) is 51.9 Å². The van der Waals surface area contributed by atoms with Crippen molar-refractivity contribution in [2.24, 2.45) is 0 Å². The van der Waals surface area contributed by atoms with Gasteiger partial charge >= 0.3 is 0 Å². The number of ether oxygens (including phenoxy) is 1. The maximum atomic E-state index is 13.0. The first-order valence-corrected chi connectivity index (χ1v) is 9.64. The third-order valence-corrected chi connectivity index (χ3v) is 5.44. The van der Waals surface area contributed by atoms with E-state index in [4.69, 9.17) is 4.74 Å². The molecular formula is C20H29N3O3. The second-order valence-corrected chi connectivity index (χ2v) is 7.01. The van der Waals surface area contributed by atoms with E-state index in [1.54, 1.807) is 11.8 Å². The van der Waals surface area contributed by atoms with Gasteiger partial charge in [-0.1, -0.05) is 19.1 Å². The van der Waals surface area contributed by atoms with Gasteiger partial charge < -0.3 is 9.64 Å². The Kier molecular flexibility index (Phi) is 5.81. The van der Waals surface area contributed by atoms with Crippen LogP contribution in [0.2, 0.25) is 0 Å². The van der Waals surface area contributed by atoms with Crippen molar-refractivity contribution in [3.05, 3.63) is 24.3 Å². The van der Waals surface area contributed by atoms with Crippen molar-refractivity contribution < 1.29 is 14.3 Å². The highest BCUT2D eigenvalue weighted by molar-refractivity contribution is 6.03. The minimum atomic E-state index is -0.571. The zero-order valence-electron chi connectivity index (χ0n) is 16.0. The number of fused-ring (bicyclic) bond motifs is 1. The monoisotopic (exact) mass is 359 g/mol. The molecule has 26 heavy (non-hydrogen) atoms. The van der Waals surface area contributed by atoms with E-state index in [9.17, 15) is 9.59 Å². The van der Waals surface area contributed by atoms with Crippen molar-refractivity contribution in [2.45, 2.75) is 45.8 Å². The summed E-state index contributed by atoms with van der Waals surface area (Å²) < 4.78 is 5.66. The predicted molar refractivity (Wildman–Crippen MR) is 101 cm³/mol. The number of likely N-dealkylation sites (N-methyl/N-ethyl adjacent to an activating group) is 2. The molecule has 0 unspecified atom stereocenters. The Morgan fingerprint density at radius 1 is 1.31 bits per heavy atom. The molecule has 3 rings (SSSR count). The van der Waals surface area contributed by atoms with Gasteiger partial charge in [-0.3, -0.25) is 19.4 Å². The third-order valence-electron chi connectivity index (χ3n) is 5.44. The minimum Gasteiger partial charge on any atom is -0.479 e. The van der Waals surface area contributed by atoms with Gasteiger partial charge in [0.05, 0.1) is 5.69 Å². The average Bonchev–Trinajstić information content (AvgIpc) is 3.10. The van der Waals surface area contributed by atoms with E-state index in [1.807, 2.05) is 36.1 Å².